The maximum atomic E-state index is 11.7. The Hall–Kier alpha value is -1.91. The molecule has 2 rings (SSSR count). The molecule has 0 radical (unpaired) electrons. The number of Topliss-reactive ketones (excluding diaryl/α,β-unsaturated/α-hetero) is 1. The minimum absolute atomic E-state index is 0.0736. The van der Waals surface area contributed by atoms with Gasteiger partial charge in [-0.3, -0.25) is 9.48 Å². The van der Waals surface area contributed by atoms with Crippen molar-refractivity contribution in [2.24, 2.45) is 14.1 Å². The van der Waals surface area contributed by atoms with Crippen molar-refractivity contribution >= 4 is 5.78 Å². The van der Waals surface area contributed by atoms with Gasteiger partial charge in [0.1, 0.15) is 5.69 Å². The number of nitrogens with zero attached hydrogens (tertiary/aromatic N) is 4. The molecule has 0 N–H and O–H groups in total. The van der Waals surface area contributed by atoms with E-state index in [2.05, 4.69) is 10.1 Å². The van der Waals surface area contributed by atoms with Gasteiger partial charge in [0.05, 0.1) is 12.5 Å². The first kappa shape index (κ1) is 10.6. The van der Waals surface area contributed by atoms with Gasteiger partial charge < -0.3 is 4.57 Å². The van der Waals surface area contributed by atoms with Crippen LogP contribution in [0, 0.1) is 0 Å². The maximum Gasteiger partial charge on any atom is 0.183 e. The zero-order valence-electron chi connectivity index (χ0n) is 9.42. The first-order valence-electron chi connectivity index (χ1n) is 5.14. The normalized spacial score (nSPS) is 10.6. The predicted molar refractivity (Wildman–Crippen MR) is 59.1 cm³/mol. The summed E-state index contributed by atoms with van der Waals surface area (Å²) in [7, 11) is 3.72. The van der Waals surface area contributed by atoms with Crippen LogP contribution in [0.5, 0.6) is 0 Å². The Labute approximate surface area is 93.7 Å². The summed E-state index contributed by atoms with van der Waals surface area (Å²) in [5.74, 6) is 0.0736. The monoisotopic (exact) mass is 218 g/mol. The number of ketones is 1. The highest BCUT2D eigenvalue weighted by molar-refractivity contribution is 5.94. The zero-order chi connectivity index (χ0) is 11.5. The van der Waals surface area contributed by atoms with Crippen molar-refractivity contribution in [2.45, 2.75) is 12.8 Å². The van der Waals surface area contributed by atoms with Crippen molar-refractivity contribution in [1.29, 1.82) is 0 Å². The van der Waals surface area contributed by atoms with Gasteiger partial charge in [-0.05, 0) is 12.0 Å². The molecule has 0 aliphatic heterocycles. The second-order valence-electron chi connectivity index (χ2n) is 3.87. The highest BCUT2D eigenvalue weighted by Gasteiger charge is 2.09. The van der Waals surface area contributed by atoms with Crippen molar-refractivity contribution in [1.82, 2.24) is 19.3 Å². The molecule has 0 aliphatic carbocycles. The Morgan fingerprint density at radius 1 is 1.38 bits per heavy atom. The summed E-state index contributed by atoms with van der Waals surface area (Å²) in [5, 5.41) is 4.06. The van der Waals surface area contributed by atoms with Gasteiger partial charge in [-0.1, -0.05) is 0 Å². The molecule has 0 amide bonds. The third-order valence-corrected chi connectivity index (χ3v) is 2.39. The first-order valence-corrected chi connectivity index (χ1v) is 5.14. The van der Waals surface area contributed by atoms with E-state index in [-0.39, 0.29) is 5.78 Å². The lowest BCUT2D eigenvalue weighted by molar-refractivity contribution is 0.0978. The Kier molecular flexibility index (Phi) is 2.85. The average Bonchev–Trinajstić information content (AvgIpc) is 2.84. The van der Waals surface area contributed by atoms with Crippen LogP contribution >= 0.6 is 0 Å². The Bertz CT molecular complexity index is 498. The molecule has 0 aliphatic rings. The summed E-state index contributed by atoms with van der Waals surface area (Å²) in [4.78, 5) is 15.8. The second kappa shape index (κ2) is 4.30. The van der Waals surface area contributed by atoms with Crippen LogP contribution in [-0.4, -0.2) is 25.1 Å². The predicted octanol–water partition coefficient (Wildman–Crippen LogP) is 0.969. The molecule has 0 unspecified atom stereocenters. The van der Waals surface area contributed by atoms with Gasteiger partial charge in [0.25, 0.3) is 0 Å². The fourth-order valence-corrected chi connectivity index (χ4v) is 1.54. The van der Waals surface area contributed by atoms with Crippen LogP contribution in [0.1, 0.15) is 22.5 Å². The number of aromatic nitrogens is 4. The molecule has 2 aromatic rings. The fourth-order valence-electron chi connectivity index (χ4n) is 1.54. The lowest BCUT2D eigenvalue weighted by Gasteiger charge is -1.95. The highest BCUT2D eigenvalue weighted by atomic mass is 16.1. The van der Waals surface area contributed by atoms with Crippen LogP contribution in [0.15, 0.2) is 24.9 Å². The number of hydrogen-bond acceptors (Lipinski definition) is 3. The quantitative estimate of drug-likeness (QED) is 0.718. The van der Waals surface area contributed by atoms with Gasteiger partial charge in [-0.15, -0.1) is 0 Å². The van der Waals surface area contributed by atoms with Gasteiger partial charge >= 0.3 is 0 Å². The number of rotatable bonds is 4. The van der Waals surface area contributed by atoms with Gasteiger partial charge in [-0.2, -0.15) is 5.10 Å². The molecule has 0 aromatic carbocycles. The summed E-state index contributed by atoms with van der Waals surface area (Å²) in [6.45, 7) is 0. The van der Waals surface area contributed by atoms with Crippen molar-refractivity contribution in [3.63, 3.8) is 0 Å². The van der Waals surface area contributed by atoms with Crippen LogP contribution < -0.4 is 0 Å². The molecule has 0 bridgehead atoms. The number of carbonyl (C=O) groups excluding carboxylic acids is 1. The molecular weight excluding hydrogens is 204 g/mol. The van der Waals surface area contributed by atoms with Crippen molar-refractivity contribution < 1.29 is 4.79 Å². The first-order chi connectivity index (χ1) is 7.65. The minimum atomic E-state index is 0.0736. The second-order valence-corrected chi connectivity index (χ2v) is 3.87. The Morgan fingerprint density at radius 3 is 2.75 bits per heavy atom. The van der Waals surface area contributed by atoms with E-state index in [4.69, 9.17) is 0 Å². The summed E-state index contributed by atoms with van der Waals surface area (Å²) in [6, 6.07) is 0. The number of carbonyl (C=O) groups is 1. The van der Waals surface area contributed by atoms with Crippen molar-refractivity contribution in [2.75, 3.05) is 0 Å². The molecular formula is C11H14N4O. The standard InChI is InChI=1S/C11H14N4O/c1-14-7-10(12-8-14)11(16)4-3-9-5-13-15(2)6-9/h5-8H,3-4H2,1-2H3. The van der Waals surface area contributed by atoms with E-state index in [1.807, 2.05) is 20.3 Å². The third-order valence-electron chi connectivity index (χ3n) is 2.39. The van der Waals surface area contributed by atoms with Gasteiger partial charge in [0.2, 0.25) is 0 Å². The number of hydrogen-bond donors (Lipinski definition) is 0. The summed E-state index contributed by atoms with van der Waals surface area (Å²) < 4.78 is 3.51. The summed E-state index contributed by atoms with van der Waals surface area (Å²) >= 11 is 0. The molecule has 0 atom stereocenters. The molecule has 0 saturated heterocycles. The Morgan fingerprint density at radius 2 is 2.19 bits per heavy atom. The molecule has 5 nitrogen and oxygen atoms in total. The maximum absolute atomic E-state index is 11.7. The van der Waals surface area contributed by atoms with Crippen molar-refractivity contribution in [3.8, 4) is 0 Å². The third kappa shape index (κ3) is 2.36. The molecule has 0 spiro atoms. The van der Waals surface area contributed by atoms with Crippen LogP contribution in [0.2, 0.25) is 0 Å². The summed E-state index contributed by atoms with van der Waals surface area (Å²) in [6.07, 6.45) is 8.27. The van der Waals surface area contributed by atoms with Crippen LogP contribution in [0.25, 0.3) is 0 Å². The minimum Gasteiger partial charge on any atom is -0.340 e. The van der Waals surface area contributed by atoms with E-state index in [1.54, 1.807) is 28.0 Å². The number of aryl methyl sites for hydroxylation is 3. The van der Waals surface area contributed by atoms with Crippen molar-refractivity contribution in [3.05, 3.63) is 36.2 Å². The molecule has 0 saturated carbocycles. The van der Waals surface area contributed by atoms with Crippen LogP contribution in [0.3, 0.4) is 0 Å². The smallest absolute Gasteiger partial charge is 0.183 e. The topological polar surface area (TPSA) is 52.7 Å². The lowest BCUT2D eigenvalue weighted by Crippen LogP contribution is -2.01. The van der Waals surface area contributed by atoms with Crippen LogP contribution in [-0.2, 0) is 20.5 Å². The molecule has 84 valence electrons. The van der Waals surface area contributed by atoms with E-state index < -0.39 is 0 Å². The van der Waals surface area contributed by atoms with Crippen LogP contribution in [0.4, 0.5) is 0 Å². The fraction of sp³-hybridized carbons (Fsp3) is 0.364. The van der Waals surface area contributed by atoms with E-state index in [0.29, 0.717) is 18.5 Å². The summed E-state index contributed by atoms with van der Waals surface area (Å²) in [5.41, 5.74) is 1.61. The molecule has 2 aromatic heterocycles. The lowest BCUT2D eigenvalue weighted by atomic mass is 10.1. The van der Waals surface area contributed by atoms with Gasteiger partial charge in [0.15, 0.2) is 5.78 Å². The molecule has 0 fully saturated rings. The van der Waals surface area contributed by atoms with Gasteiger partial charge in [0, 0.05) is 32.9 Å². The highest BCUT2D eigenvalue weighted by Crippen LogP contribution is 2.05. The molecule has 5 heteroatoms. The largest absolute Gasteiger partial charge is 0.340 e. The Balaban J connectivity index is 1.93. The van der Waals surface area contributed by atoms with E-state index >= 15 is 0 Å². The number of imidazole rings is 1. The van der Waals surface area contributed by atoms with E-state index in [0.717, 1.165) is 5.56 Å². The average molecular weight is 218 g/mol. The van der Waals surface area contributed by atoms with E-state index in [1.165, 1.54) is 0 Å². The van der Waals surface area contributed by atoms with Gasteiger partial charge in [-0.25, -0.2) is 4.98 Å². The molecule has 2 heterocycles. The molecule has 16 heavy (non-hydrogen) atoms. The van der Waals surface area contributed by atoms with E-state index in [9.17, 15) is 4.79 Å². The SMILES string of the molecule is Cn1cnc(C(=O)CCc2cnn(C)c2)c1. The zero-order valence-corrected chi connectivity index (χ0v) is 9.42.